The molecule has 0 aliphatic carbocycles. The first kappa shape index (κ1) is 13.6. The summed E-state index contributed by atoms with van der Waals surface area (Å²) in [4.78, 5) is 13.1. The Labute approximate surface area is 114 Å². The van der Waals surface area contributed by atoms with Crippen LogP contribution in [0.4, 0.5) is 0 Å². The molecule has 0 radical (unpaired) electrons. The molecule has 0 unspecified atom stereocenters. The van der Waals surface area contributed by atoms with Gasteiger partial charge in [0.1, 0.15) is 11.6 Å². The summed E-state index contributed by atoms with van der Waals surface area (Å²) < 4.78 is 0. The summed E-state index contributed by atoms with van der Waals surface area (Å²) in [5.74, 6) is 2.54. The van der Waals surface area contributed by atoms with Crippen molar-refractivity contribution in [3.63, 3.8) is 0 Å². The van der Waals surface area contributed by atoms with Crippen molar-refractivity contribution in [2.24, 2.45) is 5.73 Å². The highest BCUT2D eigenvalue weighted by Gasteiger charge is 2.10. The lowest BCUT2D eigenvalue weighted by Crippen LogP contribution is -2.08. The van der Waals surface area contributed by atoms with E-state index in [9.17, 15) is 0 Å². The Morgan fingerprint density at radius 1 is 1.11 bits per heavy atom. The van der Waals surface area contributed by atoms with Crippen LogP contribution in [0.2, 0.25) is 0 Å². The van der Waals surface area contributed by atoms with Crippen molar-refractivity contribution in [1.29, 1.82) is 0 Å². The lowest BCUT2D eigenvalue weighted by atomic mass is 9.97. The van der Waals surface area contributed by atoms with E-state index in [2.05, 4.69) is 53.9 Å². The minimum Gasteiger partial charge on any atom is -0.324 e. The second-order valence-corrected chi connectivity index (χ2v) is 5.06. The van der Waals surface area contributed by atoms with Gasteiger partial charge in [-0.05, 0) is 37.0 Å². The highest BCUT2D eigenvalue weighted by atomic mass is 15.0. The molecule has 0 atom stereocenters. The van der Waals surface area contributed by atoms with Crippen molar-refractivity contribution >= 4 is 0 Å². The average molecular weight is 256 g/mol. The Hall–Kier alpha value is -1.81. The van der Waals surface area contributed by atoms with E-state index in [0.29, 0.717) is 29.9 Å². The lowest BCUT2D eigenvalue weighted by molar-refractivity contribution is 0.847. The number of nitrogens with zero attached hydrogens (tertiary/aromatic N) is 3. The van der Waals surface area contributed by atoms with Crippen molar-refractivity contribution < 1.29 is 0 Å². The molecule has 1 heterocycles. The molecule has 2 N–H and O–H groups in total. The predicted molar refractivity (Wildman–Crippen MR) is 76.7 cm³/mol. The van der Waals surface area contributed by atoms with E-state index >= 15 is 0 Å². The van der Waals surface area contributed by atoms with Crippen LogP contribution in [0.25, 0.3) is 11.4 Å². The molecule has 0 bridgehead atoms. The number of hydrogen-bond acceptors (Lipinski definition) is 4. The molecule has 0 saturated carbocycles. The van der Waals surface area contributed by atoms with Gasteiger partial charge in [-0.3, -0.25) is 0 Å². The second-order valence-electron chi connectivity index (χ2n) is 5.06. The first-order chi connectivity index (χ1) is 9.01. The molecule has 0 aliphatic heterocycles. The minimum absolute atomic E-state index is 0.333. The SMILES string of the molecule is Cc1nc(CN)nc(-c2cc(C(C)C)ccc2C)n1. The molecule has 100 valence electrons. The normalized spacial score (nSPS) is 11.1. The van der Waals surface area contributed by atoms with Crippen LogP contribution in [-0.2, 0) is 6.54 Å². The summed E-state index contributed by atoms with van der Waals surface area (Å²) in [6.45, 7) is 8.63. The highest BCUT2D eigenvalue weighted by Crippen LogP contribution is 2.25. The number of aryl methyl sites for hydroxylation is 2. The fourth-order valence-corrected chi connectivity index (χ4v) is 1.99. The van der Waals surface area contributed by atoms with E-state index < -0.39 is 0 Å². The average Bonchev–Trinajstić information content (AvgIpc) is 2.38. The van der Waals surface area contributed by atoms with E-state index in [1.54, 1.807) is 0 Å². The number of aromatic nitrogens is 3. The second kappa shape index (κ2) is 5.45. The van der Waals surface area contributed by atoms with Crippen LogP contribution in [0.15, 0.2) is 18.2 Å². The fourth-order valence-electron chi connectivity index (χ4n) is 1.99. The van der Waals surface area contributed by atoms with Crippen molar-refractivity contribution in [2.45, 2.75) is 40.2 Å². The molecular formula is C15H20N4. The van der Waals surface area contributed by atoms with Crippen molar-refractivity contribution in [3.05, 3.63) is 41.0 Å². The summed E-state index contributed by atoms with van der Waals surface area (Å²) in [6.07, 6.45) is 0. The predicted octanol–water partition coefficient (Wildman–Crippen LogP) is 2.74. The molecule has 1 aromatic carbocycles. The van der Waals surface area contributed by atoms with E-state index in [1.807, 2.05) is 6.92 Å². The fraction of sp³-hybridized carbons (Fsp3) is 0.400. The van der Waals surface area contributed by atoms with Gasteiger partial charge in [-0.1, -0.05) is 26.0 Å². The first-order valence-corrected chi connectivity index (χ1v) is 6.53. The van der Waals surface area contributed by atoms with Gasteiger partial charge in [-0.15, -0.1) is 0 Å². The van der Waals surface area contributed by atoms with Gasteiger partial charge >= 0.3 is 0 Å². The van der Waals surface area contributed by atoms with Gasteiger partial charge in [0.05, 0.1) is 6.54 Å². The molecule has 0 amide bonds. The topological polar surface area (TPSA) is 64.7 Å². The molecule has 2 rings (SSSR count). The van der Waals surface area contributed by atoms with Crippen LogP contribution in [0.3, 0.4) is 0 Å². The van der Waals surface area contributed by atoms with Crippen molar-refractivity contribution in [3.8, 4) is 11.4 Å². The summed E-state index contributed by atoms with van der Waals surface area (Å²) in [5.41, 5.74) is 9.14. The molecule has 4 heteroatoms. The van der Waals surface area contributed by atoms with Crippen LogP contribution in [0.5, 0.6) is 0 Å². The third kappa shape index (κ3) is 2.96. The maximum atomic E-state index is 5.63. The van der Waals surface area contributed by atoms with Gasteiger partial charge in [0.2, 0.25) is 0 Å². The molecule has 0 fully saturated rings. The summed E-state index contributed by atoms with van der Waals surface area (Å²) in [7, 11) is 0. The Morgan fingerprint density at radius 3 is 2.47 bits per heavy atom. The van der Waals surface area contributed by atoms with Crippen LogP contribution >= 0.6 is 0 Å². The Kier molecular flexibility index (Phi) is 3.90. The number of hydrogen-bond donors (Lipinski definition) is 1. The molecule has 1 aromatic heterocycles. The number of benzene rings is 1. The zero-order valence-electron chi connectivity index (χ0n) is 11.9. The minimum atomic E-state index is 0.333. The zero-order chi connectivity index (χ0) is 14.0. The van der Waals surface area contributed by atoms with Crippen LogP contribution in [-0.4, -0.2) is 15.0 Å². The molecule has 19 heavy (non-hydrogen) atoms. The van der Waals surface area contributed by atoms with E-state index in [-0.39, 0.29) is 0 Å². The van der Waals surface area contributed by atoms with Gasteiger partial charge in [0, 0.05) is 5.56 Å². The Bertz CT molecular complexity index is 591. The van der Waals surface area contributed by atoms with Crippen LogP contribution in [0.1, 0.15) is 42.5 Å². The Balaban J connectivity index is 2.57. The quantitative estimate of drug-likeness (QED) is 0.917. The van der Waals surface area contributed by atoms with Crippen molar-refractivity contribution in [1.82, 2.24) is 15.0 Å². The molecule has 0 saturated heterocycles. The largest absolute Gasteiger partial charge is 0.324 e. The monoisotopic (exact) mass is 256 g/mol. The standard InChI is InChI=1S/C15H20N4/c1-9(2)12-6-5-10(3)13(7-12)15-18-11(4)17-14(8-16)19-15/h5-7,9H,8,16H2,1-4H3. The zero-order valence-corrected chi connectivity index (χ0v) is 11.9. The van der Waals surface area contributed by atoms with Gasteiger partial charge in [0.15, 0.2) is 5.82 Å². The third-order valence-electron chi connectivity index (χ3n) is 3.15. The van der Waals surface area contributed by atoms with Crippen LogP contribution in [0, 0.1) is 13.8 Å². The highest BCUT2D eigenvalue weighted by molar-refractivity contribution is 5.61. The first-order valence-electron chi connectivity index (χ1n) is 6.53. The van der Waals surface area contributed by atoms with E-state index in [1.165, 1.54) is 5.56 Å². The summed E-state index contributed by atoms with van der Waals surface area (Å²) in [6, 6.07) is 6.43. The van der Waals surface area contributed by atoms with Gasteiger partial charge < -0.3 is 5.73 Å². The van der Waals surface area contributed by atoms with Crippen LogP contribution < -0.4 is 5.73 Å². The molecule has 4 nitrogen and oxygen atoms in total. The molecule has 0 aliphatic rings. The number of nitrogens with two attached hydrogens (primary N) is 1. The molecule has 0 spiro atoms. The lowest BCUT2D eigenvalue weighted by Gasteiger charge is -2.11. The maximum Gasteiger partial charge on any atom is 0.163 e. The van der Waals surface area contributed by atoms with E-state index in [4.69, 9.17) is 5.73 Å². The van der Waals surface area contributed by atoms with Gasteiger partial charge in [0.25, 0.3) is 0 Å². The number of rotatable bonds is 3. The Morgan fingerprint density at radius 2 is 1.84 bits per heavy atom. The molecular weight excluding hydrogens is 236 g/mol. The summed E-state index contributed by atoms with van der Waals surface area (Å²) >= 11 is 0. The summed E-state index contributed by atoms with van der Waals surface area (Å²) in [5, 5.41) is 0. The van der Waals surface area contributed by atoms with E-state index in [0.717, 1.165) is 11.1 Å². The van der Waals surface area contributed by atoms with Crippen molar-refractivity contribution in [2.75, 3.05) is 0 Å². The maximum absolute atomic E-state index is 5.63. The third-order valence-corrected chi connectivity index (χ3v) is 3.15. The van der Waals surface area contributed by atoms with Gasteiger partial charge in [-0.2, -0.15) is 0 Å². The smallest absolute Gasteiger partial charge is 0.163 e. The van der Waals surface area contributed by atoms with Gasteiger partial charge in [-0.25, -0.2) is 15.0 Å². The molecule has 2 aromatic rings.